The first kappa shape index (κ1) is 19.6. The number of carboxylic acid groups (broad SMARTS) is 2. The number of carboxylic acids is 2. The van der Waals surface area contributed by atoms with Gasteiger partial charge in [0.15, 0.2) is 0 Å². The van der Waals surface area contributed by atoms with Gasteiger partial charge in [-0.15, -0.1) is 0 Å². The average Bonchev–Trinajstić information content (AvgIpc) is 2.81. The molecule has 10 heteroatoms. The number of thioether (sulfide) groups is 1. The molecule has 0 radical (unpaired) electrons. The molecule has 1 unspecified atom stereocenters. The van der Waals surface area contributed by atoms with Gasteiger partial charge in [-0.25, -0.2) is 4.79 Å². The minimum atomic E-state index is -1.52. The van der Waals surface area contributed by atoms with Gasteiger partial charge in [0.1, 0.15) is 10.4 Å². The second kappa shape index (κ2) is 8.11. The molecule has 136 valence electrons. The lowest BCUT2D eigenvalue weighted by Crippen LogP contribution is -2.42. The van der Waals surface area contributed by atoms with Gasteiger partial charge < -0.3 is 15.5 Å². The van der Waals surface area contributed by atoms with E-state index in [4.69, 9.17) is 22.4 Å². The van der Waals surface area contributed by atoms with E-state index in [0.29, 0.717) is 14.8 Å². The van der Waals surface area contributed by atoms with E-state index in [2.05, 4.69) is 5.32 Å². The predicted octanol–water partition coefficient (Wildman–Crippen LogP) is 1.18. The smallest absolute Gasteiger partial charge is 0.326 e. The Morgan fingerprint density at radius 3 is 2.35 bits per heavy atom. The lowest BCUT2D eigenvalue weighted by atomic mass is 10.1. The van der Waals surface area contributed by atoms with E-state index in [0.717, 1.165) is 0 Å². The van der Waals surface area contributed by atoms with Crippen LogP contribution >= 0.6 is 24.0 Å². The molecule has 1 heterocycles. The number of amides is 2. The fraction of sp³-hybridized carbons (Fsp3) is 0.188. The summed E-state index contributed by atoms with van der Waals surface area (Å²) in [5.74, 6) is -3.68. The number of likely N-dealkylation sites (N-methyl/N-ethyl adjacent to an activating group) is 1. The highest BCUT2D eigenvalue weighted by atomic mass is 32.2. The van der Waals surface area contributed by atoms with Crippen molar-refractivity contribution in [2.45, 2.75) is 12.5 Å². The molecule has 1 aliphatic heterocycles. The third-order valence-corrected chi connectivity index (χ3v) is 4.92. The number of nitrogens with zero attached hydrogens (tertiary/aromatic N) is 1. The molecule has 2 rings (SSSR count). The molecule has 1 fully saturated rings. The van der Waals surface area contributed by atoms with E-state index in [1.165, 1.54) is 28.8 Å². The zero-order valence-corrected chi connectivity index (χ0v) is 15.1. The number of benzene rings is 1. The minimum Gasteiger partial charge on any atom is -0.481 e. The van der Waals surface area contributed by atoms with Crippen LogP contribution in [-0.4, -0.2) is 56.3 Å². The summed E-state index contributed by atoms with van der Waals surface area (Å²) in [6, 6.07) is 4.56. The largest absolute Gasteiger partial charge is 0.481 e. The first-order valence-corrected chi connectivity index (χ1v) is 8.48. The average molecular weight is 394 g/mol. The molecule has 0 aliphatic carbocycles. The van der Waals surface area contributed by atoms with Gasteiger partial charge in [-0.2, -0.15) is 0 Å². The van der Waals surface area contributed by atoms with Crippen LogP contribution in [0, 0.1) is 0 Å². The fourth-order valence-electron chi connectivity index (χ4n) is 2.04. The summed E-state index contributed by atoms with van der Waals surface area (Å²) in [6.45, 7) is 0. The monoisotopic (exact) mass is 394 g/mol. The van der Waals surface area contributed by atoms with Gasteiger partial charge in [0.2, 0.25) is 0 Å². The van der Waals surface area contributed by atoms with Gasteiger partial charge in [-0.1, -0.05) is 36.1 Å². The molecule has 8 nitrogen and oxygen atoms in total. The Labute approximate surface area is 157 Å². The van der Waals surface area contributed by atoms with Gasteiger partial charge >= 0.3 is 11.9 Å². The zero-order chi connectivity index (χ0) is 19.4. The standard InChI is InChI=1S/C16H14N2O6S2/c1-18-14(22)11(26-16(18)25)6-8-2-4-9(5-3-8)13(21)17-10(15(23)24)7-12(19)20/h2-6,10H,7H2,1H3,(H,17,21)(H,19,20)(H,23,24)/b11-6-. The van der Waals surface area contributed by atoms with Crippen molar-refractivity contribution in [1.82, 2.24) is 10.2 Å². The molecule has 1 aromatic rings. The van der Waals surface area contributed by atoms with Crippen LogP contribution in [0.15, 0.2) is 29.2 Å². The molecule has 26 heavy (non-hydrogen) atoms. The molecule has 1 aliphatic rings. The molecular formula is C16H14N2O6S2. The van der Waals surface area contributed by atoms with Crippen LogP contribution in [0.1, 0.15) is 22.3 Å². The predicted molar refractivity (Wildman–Crippen MR) is 98.5 cm³/mol. The number of thiocarbonyl (C=S) groups is 1. The maximum Gasteiger partial charge on any atom is 0.326 e. The van der Waals surface area contributed by atoms with Crippen LogP contribution in [0.4, 0.5) is 0 Å². The van der Waals surface area contributed by atoms with Crippen molar-refractivity contribution < 1.29 is 29.4 Å². The molecule has 2 amide bonds. The maximum absolute atomic E-state index is 12.1. The summed E-state index contributed by atoms with van der Waals surface area (Å²) in [5.41, 5.74) is 0.831. The minimum absolute atomic E-state index is 0.168. The lowest BCUT2D eigenvalue weighted by Gasteiger charge is -2.12. The molecule has 1 aromatic carbocycles. The van der Waals surface area contributed by atoms with Crippen molar-refractivity contribution in [3.05, 3.63) is 40.3 Å². The summed E-state index contributed by atoms with van der Waals surface area (Å²) in [4.78, 5) is 47.5. The van der Waals surface area contributed by atoms with Crippen molar-refractivity contribution in [3.8, 4) is 0 Å². The normalized spacial score (nSPS) is 16.7. The number of aliphatic carboxylic acids is 2. The van der Waals surface area contributed by atoms with Crippen LogP contribution < -0.4 is 5.32 Å². The van der Waals surface area contributed by atoms with Gasteiger partial charge in [-0.3, -0.25) is 19.3 Å². The van der Waals surface area contributed by atoms with E-state index in [1.54, 1.807) is 25.3 Å². The van der Waals surface area contributed by atoms with Crippen LogP contribution in [-0.2, 0) is 14.4 Å². The third kappa shape index (κ3) is 4.67. The highest BCUT2D eigenvalue weighted by Crippen LogP contribution is 2.31. The molecule has 1 saturated heterocycles. The van der Waals surface area contributed by atoms with Crippen molar-refractivity contribution >= 4 is 58.1 Å². The van der Waals surface area contributed by atoms with E-state index < -0.39 is 30.3 Å². The lowest BCUT2D eigenvalue weighted by molar-refractivity contribution is -0.145. The summed E-state index contributed by atoms with van der Waals surface area (Å²) < 4.78 is 0.454. The number of hydrogen-bond acceptors (Lipinski definition) is 6. The summed E-state index contributed by atoms with van der Waals surface area (Å²) >= 11 is 6.22. The van der Waals surface area contributed by atoms with Crippen molar-refractivity contribution in [1.29, 1.82) is 0 Å². The summed E-state index contributed by atoms with van der Waals surface area (Å²) in [6.07, 6.45) is 0.910. The molecule has 0 saturated carbocycles. The number of nitrogens with one attached hydrogen (secondary N) is 1. The summed E-state index contributed by atoms with van der Waals surface area (Å²) in [5, 5.41) is 19.8. The number of carbonyl (C=O) groups is 4. The first-order chi connectivity index (χ1) is 12.2. The zero-order valence-electron chi connectivity index (χ0n) is 13.5. The van der Waals surface area contributed by atoms with E-state index in [1.807, 2.05) is 0 Å². The fourth-order valence-corrected chi connectivity index (χ4v) is 3.22. The Morgan fingerprint density at radius 1 is 1.27 bits per heavy atom. The van der Waals surface area contributed by atoms with E-state index in [-0.39, 0.29) is 11.5 Å². The Bertz CT molecular complexity index is 819. The molecular weight excluding hydrogens is 380 g/mol. The van der Waals surface area contributed by atoms with E-state index in [9.17, 15) is 19.2 Å². The first-order valence-electron chi connectivity index (χ1n) is 7.26. The quantitative estimate of drug-likeness (QED) is 0.485. The number of rotatable bonds is 6. The number of carbonyl (C=O) groups excluding carboxylic acids is 2. The van der Waals surface area contributed by atoms with Gasteiger partial charge in [0.25, 0.3) is 11.8 Å². The topological polar surface area (TPSA) is 124 Å². The SMILES string of the molecule is CN1C(=O)/C(=C/c2ccc(C(=O)NC(CC(=O)O)C(=O)O)cc2)SC1=S. The van der Waals surface area contributed by atoms with Crippen molar-refractivity contribution in [3.63, 3.8) is 0 Å². The second-order valence-electron chi connectivity index (χ2n) is 5.32. The molecule has 0 aromatic heterocycles. The molecule has 0 spiro atoms. The Hall–Kier alpha value is -2.72. The van der Waals surface area contributed by atoms with Gasteiger partial charge in [0.05, 0.1) is 11.3 Å². The van der Waals surface area contributed by atoms with Gasteiger partial charge in [0, 0.05) is 12.6 Å². The second-order valence-corrected chi connectivity index (χ2v) is 7.00. The highest BCUT2D eigenvalue weighted by molar-refractivity contribution is 8.26. The molecule has 3 N–H and O–H groups in total. The van der Waals surface area contributed by atoms with Crippen LogP contribution in [0.25, 0.3) is 6.08 Å². The highest BCUT2D eigenvalue weighted by Gasteiger charge is 2.28. The summed E-state index contributed by atoms with van der Waals surface area (Å²) in [7, 11) is 1.59. The van der Waals surface area contributed by atoms with Crippen LogP contribution in [0.2, 0.25) is 0 Å². The third-order valence-electron chi connectivity index (χ3n) is 3.44. The Balaban J connectivity index is 2.10. The molecule has 0 bridgehead atoms. The Morgan fingerprint density at radius 2 is 1.88 bits per heavy atom. The Kier molecular flexibility index (Phi) is 6.11. The van der Waals surface area contributed by atoms with Crippen LogP contribution in [0.3, 0.4) is 0 Å². The van der Waals surface area contributed by atoms with Gasteiger partial charge in [-0.05, 0) is 23.8 Å². The van der Waals surface area contributed by atoms with E-state index >= 15 is 0 Å². The van der Waals surface area contributed by atoms with Crippen LogP contribution in [0.5, 0.6) is 0 Å². The van der Waals surface area contributed by atoms with Crippen molar-refractivity contribution in [2.75, 3.05) is 7.05 Å². The maximum atomic E-state index is 12.1. The number of hydrogen-bond donors (Lipinski definition) is 3. The van der Waals surface area contributed by atoms with Crippen molar-refractivity contribution in [2.24, 2.45) is 0 Å². The molecule has 1 atom stereocenters.